The SMILES string of the molecule is CO[C@@]1(C)CC[C@@H]2[C@@H]3CC[C@H]4CC(=O)CC[C@]4(C)[C@@H]3CC[C@]21C. The highest BCUT2D eigenvalue weighted by Gasteiger charge is 2.63. The molecule has 4 fully saturated rings. The molecule has 0 heterocycles. The van der Waals surface area contributed by atoms with E-state index in [0.29, 0.717) is 22.5 Å². The van der Waals surface area contributed by atoms with Crippen molar-refractivity contribution in [3.63, 3.8) is 0 Å². The average molecular weight is 319 g/mol. The zero-order valence-corrected chi connectivity index (χ0v) is 15.5. The van der Waals surface area contributed by atoms with E-state index in [0.717, 1.165) is 37.0 Å². The Hall–Kier alpha value is -0.370. The van der Waals surface area contributed by atoms with Crippen LogP contribution in [0.15, 0.2) is 0 Å². The van der Waals surface area contributed by atoms with Crippen molar-refractivity contribution in [3.8, 4) is 0 Å². The summed E-state index contributed by atoms with van der Waals surface area (Å²) in [5.41, 5.74) is 0.865. The van der Waals surface area contributed by atoms with Crippen LogP contribution in [0.1, 0.15) is 78.6 Å². The Labute approximate surface area is 141 Å². The first-order chi connectivity index (χ1) is 10.8. The topological polar surface area (TPSA) is 26.3 Å². The largest absolute Gasteiger partial charge is 0.378 e. The molecule has 4 aliphatic carbocycles. The van der Waals surface area contributed by atoms with E-state index >= 15 is 0 Å². The van der Waals surface area contributed by atoms with Crippen LogP contribution in [0.4, 0.5) is 0 Å². The lowest BCUT2D eigenvalue weighted by atomic mass is 9.44. The Bertz CT molecular complexity index is 514. The van der Waals surface area contributed by atoms with Gasteiger partial charge < -0.3 is 4.74 Å². The minimum atomic E-state index is 0.0723. The number of carbonyl (C=O) groups is 1. The van der Waals surface area contributed by atoms with Crippen molar-refractivity contribution in [1.29, 1.82) is 0 Å². The second-order valence-electron chi connectivity index (χ2n) is 9.83. The van der Waals surface area contributed by atoms with Crippen LogP contribution in [-0.2, 0) is 9.53 Å². The Morgan fingerprint density at radius 1 is 0.957 bits per heavy atom. The first kappa shape index (κ1) is 16.1. The van der Waals surface area contributed by atoms with Crippen molar-refractivity contribution in [2.45, 2.75) is 84.2 Å². The molecule has 23 heavy (non-hydrogen) atoms. The lowest BCUT2D eigenvalue weighted by molar-refractivity contribution is -0.160. The molecule has 0 N–H and O–H groups in total. The van der Waals surface area contributed by atoms with Gasteiger partial charge in [0.15, 0.2) is 0 Å². The standard InChI is InChI=1S/C21H34O2/c1-19-10-7-15(22)13-14(19)5-6-16-17(19)8-11-20(2)18(16)9-12-21(20,3)23-4/h14,16-18H,5-13H2,1-4H3/t14-,16+,17+,18+,19-,20+,21-/m0/s1. The number of ketones is 1. The summed E-state index contributed by atoms with van der Waals surface area (Å²) in [6.07, 6.45) is 10.8. The maximum atomic E-state index is 12.0. The second kappa shape index (κ2) is 5.07. The summed E-state index contributed by atoms with van der Waals surface area (Å²) in [6, 6.07) is 0. The molecule has 4 saturated carbocycles. The fourth-order valence-electron chi connectivity index (χ4n) is 7.61. The van der Waals surface area contributed by atoms with Gasteiger partial charge in [-0.3, -0.25) is 4.79 Å². The van der Waals surface area contributed by atoms with Crippen LogP contribution in [0, 0.1) is 34.5 Å². The van der Waals surface area contributed by atoms with Crippen LogP contribution >= 0.6 is 0 Å². The van der Waals surface area contributed by atoms with Gasteiger partial charge in [-0.2, -0.15) is 0 Å². The summed E-state index contributed by atoms with van der Waals surface area (Å²) in [5.74, 6) is 3.76. The molecule has 7 atom stereocenters. The number of hydrogen-bond acceptors (Lipinski definition) is 2. The van der Waals surface area contributed by atoms with Gasteiger partial charge in [0.2, 0.25) is 0 Å². The van der Waals surface area contributed by atoms with Crippen LogP contribution in [0.25, 0.3) is 0 Å². The number of fused-ring (bicyclic) bond motifs is 5. The molecular formula is C21H34O2. The minimum absolute atomic E-state index is 0.0723. The Morgan fingerprint density at radius 3 is 2.43 bits per heavy atom. The zero-order valence-electron chi connectivity index (χ0n) is 15.5. The number of carbonyl (C=O) groups excluding carboxylic acids is 1. The van der Waals surface area contributed by atoms with Gasteiger partial charge in [0.1, 0.15) is 5.78 Å². The molecule has 0 aromatic heterocycles. The lowest BCUT2D eigenvalue weighted by Crippen LogP contribution is -2.56. The van der Waals surface area contributed by atoms with Crippen molar-refractivity contribution in [2.75, 3.05) is 7.11 Å². The third-order valence-electron chi connectivity index (χ3n) is 9.46. The lowest BCUT2D eigenvalue weighted by Gasteiger charge is -2.61. The fraction of sp³-hybridized carbons (Fsp3) is 0.952. The normalized spacial score (nSPS) is 55.9. The van der Waals surface area contributed by atoms with E-state index in [9.17, 15) is 4.79 Å². The first-order valence-electron chi connectivity index (χ1n) is 9.91. The molecule has 4 aliphatic rings. The van der Waals surface area contributed by atoms with Gasteiger partial charge in [-0.1, -0.05) is 13.8 Å². The van der Waals surface area contributed by atoms with Crippen LogP contribution in [0.5, 0.6) is 0 Å². The molecule has 0 amide bonds. The van der Waals surface area contributed by atoms with E-state index < -0.39 is 0 Å². The molecule has 0 bridgehead atoms. The van der Waals surface area contributed by atoms with Crippen LogP contribution < -0.4 is 0 Å². The molecule has 0 aromatic carbocycles. The predicted octanol–water partition coefficient (Wildman–Crippen LogP) is 5.00. The van der Waals surface area contributed by atoms with E-state index in [1.807, 2.05) is 7.11 Å². The molecule has 2 nitrogen and oxygen atoms in total. The zero-order chi connectivity index (χ0) is 16.5. The molecule has 2 heteroatoms. The molecule has 0 aliphatic heterocycles. The highest BCUT2D eigenvalue weighted by molar-refractivity contribution is 5.79. The van der Waals surface area contributed by atoms with Crippen LogP contribution in [0.2, 0.25) is 0 Å². The summed E-state index contributed by atoms with van der Waals surface area (Å²) in [6.45, 7) is 7.41. The maximum Gasteiger partial charge on any atom is 0.133 e. The monoisotopic (exact) mass is 318 g/mol. The molecule has 0 unspecified atom stereocenters. The quantitative estimate of drug-likeness (QED) is 0.680. The second-order valence-corrected chi connectivity index (χ2v) is 9.83. The van der Waals surface area contributed by atoms with Crippen LogP contribution in [0.3, 0.4) is 0 Å². The summed E-state index contributed by atoms with van der Waals surface area (Å²) in [7, 11) is 1.92. The molecule has 0 aromatic rings. The van der Waals surface area contributed by atoms with Gasteiger partial charge in [-0.25, -0.2) is 0 Å². The number of methoxy groups -OCH3 is 1. The minimum Gasteiger partial charge on any atom is -0.378 e. The molecule has 0 saturated heterocycles. The van der Waals surface area contributed by atoms with Gasteiger partial charge >= 0.3 is 0 Å². The highest BCUT2D eigenvalue weighted by atomic mass is 16.5. The van der Waals surface area contributed by atoms with Crippen molar-refractivity contribution in [1.82, 2.24) is 0 Å². The first-order valence-corrected chi connectivity index (χ1v) is 9.91. The summed E-state index contributed by atoms with van der Waals surface area (Å²) in [4.78, 5) is 12.0. The van der Waals surface area contributed by atoms with Gasteiger partial charge in [0, 0.05) is 20.0 Å². The predicted molar refractivity (Wildman–Crippen MR) is 92.1 cm³/mol. The Morgan fingerprint density at radius 2 is 1.70 bits per heavy atom. The highest BCUT2D eigenvalue weighted by Crippen LogP contribution is 2.68. The average Bonchev–Trinajstić information content (AvgIpc) is 2.80. The molecule has 4 rings (SSSR count). The van der Waals surface area contributed by atoms with E-state index in [4.69, 9.17) is 4.74 Å². The summed E-state index contributed by atoms with van der Waals surface area (Å²) in [5, 5.41) is 0. The van der Waals surface area contributed by atoms with E-state index in [1.165, 1.54) is 38.5 Å². The molecular weight excluding hydrogens is 284 g/mol. The molecule has 130 valence electrons. The van der Waals surface area contributed by atoms with Gasteiger partial charge in [-0.15, -0.1) is 0 Å². The fourth-order valence-corrected chi connectivity index (χ4v) is 7.61. The summed E-state index contributed by atoms with van der Waals surface area (Å²) >= 11 is 0. The molecule has 0 radical (unpaired) electrons. The number of rotatable bonds is 1. The van der Waals surface area contributed by atoms with Crippen molar-refractivity contribution in [2.24, 2.45) is 34.5 Å². The van der Waals surface area contributed by atoms with Crippen LogP contribution in [-0.4, -0.2) is 18.5 Å². The van der Waals surface area contributed by atoms with Crippen molar-refractivity contribution in [3.05, 3.63) is 0 Å². The van der Waals surface area contributed by atoms with Crippen molar-refractivity contribution < 1.29 is 9.53 Å². The van der Waals surface area contributed by atoms with E-state index in [-0.39, 0.29) is 5.60 Å². The van der Waals surface area contributed by atoms with E-state index in [2.05, 4.69) is 20.8 Å². The van der Waals surface area contributed by atoms with Gasteiger partial charge in [0.05, 0.1) is 5.60 Å². The summed E-state index contributed by atoms with van der Waals surface area (Å²) < 4.78 is 6.05. The molecule has 0 spiro atoms. The number of ether oxygens (including phenoxy) is 1. The Kier molecular flexibility index (Phi) is 3.55. The Balaban J connectivity index is 1.64. The smallest absolute Gasteiger partial charge is 0.133 e. The van der Waals surface area contributed by atoms with Gasteiger partial charge in [0.25, 0.3) is 0 Å². The van der Waals surface area contributed by atoms with E-state index in [1.54, 1.807) is 0 Å². The van der Waals surface area contributed by atoms with Gasteiger partial charge in [-0.05, 0) is 86.4 Å². The van der Waals surface area contributed by atoms with Crippen molar-refractivity contribution >= 4 is 5.78 Å². The number of hydrogen-bond donors (Lipinski definition) is 0. The third-order valence-corrected chi connectivity index (χ3v) is 9.46. The third kappa shape index (κ3) is 2.00. The maximum absolute atomic E-state index is 12.0. The number of Topliss-reactive ketones (excluding diaryl/α,β-unsaturated/α-hetero) is 1.